The summed E-state index contributed by atoms with van der Waals surface area (Å²) >= 11 is 1.18. The zero-order chi connectivity index (χ0) is 18.2. The van der Waals surface area contributed by atoms with Crippen LogP contribution in [-0.4, -0.2) is 29.1 Å². The Morgan fingerprint density at radius 2 is 1.64 bits per heavy atom. The normalized spacial score (nSPS) is 11.2. The molecule has 0 fully saturated rings. The molecule has 0 amide bonds. The van der Waals surface area contributed by atoms with Gasteiger partial charge in [-0.15, -0.1) is 0 Å². The number of benzene rings is 2. The van der Waals surface area contributed by atoms with Gasteiger partial charge in [-0.25, -0.2) is 4.99 Å². The third-order valence-corrected chi connectivity index (χ3v) is 4.23. The van der Waals surface area contributed by atoms with Gasteiger partial charge in [0.1, 0.15) is 11.6 Å². The molecule has 0 atom stereocenters. The number of aryl methyl sites for hydroxylation is 1. The van der Waals surface area contributed by atoms with Crippen LogP contribution in [0.25, 0.3) is 0 Å². The predicted octanol–water partition coefficient (Wildman–Crippen LogP) is 3.84. The predicted molar refractivity (Wildman–Crippen MR) is 107 cm³/mol. The molecule has 6 heteroatoms. The Morgan fingerprint density at radius 1 is 1.04 bits per heavy atom. The van der Waals surface area contributed by atoms with E-state index in [1.165, 1.54) is 11.8 Å². The number of ether oxygens (including phenoxy) is 1. The molecule has 0 heterocycles. The van der Waals surface area contributed by atoms with Crippen LogP contribution in [0.1, 0.15) is 23.6 Å². The van der Waals surface area contributed by atoms with E-state index < -0.39 is 0 Å². The summed E-state index contributed by atoms with van der Waals surface area (Å²) < 4.78 is 5.39. The third kappa shape index (κ3) is 5.76. The molecule has 0 saturated carbocycles. The summed E-state index contributed by atoms with van der Waals surface area (Å²) in [5.41, 5.74) is 9.11. The van der Waals surface area contributed by atoms with Gasteiger partial charge in [-0.2, -0.15) is 0 Å². The number of hydrogen-bond acceptors (Lipinski definition) is 4. The standard InChI is InChI=1S/C19H22N4OS/c1-3-24-16-10-8-14(9-11-16)17(20)12-25-19(22)23-18(21)15-6-4-13(2)5-7-15/h4-11,20H,3,12H2,1-2H3,(H3,21,22,23). The van der Waals surface area contributed by atoms with Crippen LogP contribution < -0.4 is 10.5 Å². The van der Waals surface area contributed by atoms with Gasteiger partial charge in [0.25, 0.3) is 0 Å². The van der Waals surface area contributed by atoms with Gasteiger partial charge in [-0.3, -0.25) is 5.41 Å². The first-order valence-corrected chi connectivity index (χ1v) is 8.91. The van der Waals surface area contributed by atoms with E-state index in [-0.39, 0.29) is 5.17 Å². The second-order valence-corrected chi connectivity index (χ2v) is 6.36. The summed E-state index contributed by atoms with van der Waals surface area (Å²) in [7, 11) is 0. The van der Waals surface area contributed by atoms with E-state index in [2.05, 4.69) is 4.99 Å². The molecular formula is C19H22N4OS. The fraction of sp³-hybridized carbons (Fsp3) is 0.211. The summed E-state index contributed by atoms with van der Waals surface area (Å²) in [5.74, 6) is 1.46. The average Bonchev–Trinajstić information content (AvgIpc) is 2.61. The molecule has 0 spiro atoms. The lowest BCUT2D eigenvalue weighted by atomic mass is 10.1. The molecule has 0 radical (unpaired) electrons. The first kappa shape index (κ1) is 18.7. The highest BCUT2D eigenvalue weighted by Gasteiger charge is 2.06. The van der Waals surface area contributed by atoms with Gasteiger partial charge in [0, 0.05) is 17.0 Å². The largest absolute Gasteiger partial charge is 0.494 e. The van der Waals surface area contributed by atoms with Gasteiger partial charge in [0.15, 0.2) is 5.17 Å². The maximum Gasteiger partial charge on any atom is 0.182 e. The van der Waals surface area contributed by atoms with Crippen molar-refractivity contribution in [2.24, 2.45) is 10.7 Å². The van der Waals surface area contributed by atoms with Gasteiger partial charge in [0.05, 0.1) is 6.61 Å². The van der Waals surface area contributed by atoms with Crippen LogP contribution in [0, 0.1) is 17.7 Å². The van der Waals surface area contributed by atoms with Crippen molar-refractivity contribution in [1.29, 1.82) is 10.8 Å². The van der Waals surface area contributed by atoms with Crippen LogP contribution in [0.3, 0.4) is 0 Å². The first-order valence-electron chi connectivity index (χ1n) is 7.92. The second-order valence-electron chi connectivity index (χ2n) is 5.39. The number of rotatable bonds is 6. The van der Waals surface area contributed by atoms with Crippen LogP contribution in [-0.2, 0) is 0 Å². The second kappa shape index (κ2) is 9.03. The molecule has 0 aliphatic heterocycles. The van der Waals surface area contributed by atoms with E-state index >= 15 is 0 Å². The Hall–Kier alpha value is -2.60. The van der Waals surface area contributed by atoms with E-state index in [1.54, 1.807) is 0 Å². The van der Waals surface area contributed by atoms with Crippen molar-refractivity contribution in [3.05, 3.63) is 65.2 Å². The van der Waals surface area contributed by atoms with Crippen molar-refractivity contribution in [2.75, 3.05) is 12.4 Å². The van der Waals surface area contributed by atoms with Crippen LogP contribution in [0.2, 0.25) is 0 Å². The van der Waals surface area contributed by atoms with Gasteiger partial charge < -0.3 is 15.9 Å². The van der Waals surface area contributed by atoms with Crippen molar-refractivity contribution in [3.8, 4) is 5.75 Å². The molecule has 0 bridgehead atoms. The molecule has 4 N–H and O–H groups in total. The minimum absolute atomic E-state index is 0.0914. The van der Waals surface area contributed by atoms with E-state index in [9.17, 15) is 0 Å². The summed E-state index contributed by atoms with van der Waals surface area (Å²) in [4.78, 5) is 4.10. The molecular weight excluding hydrogens is 332 g/mol. The molecule has 0 aliphatic carbocycles. The molecule has 0 unspecified atom stereocenters. The lowest BCUT2D eigenvalue weighted by molar-refractivity contribution is 0.340. The van der Waals surface area contributed by atoms with Crippen LogP contribution in [0.4, 0.5) is 0 Å². The number of nitrogens with one attached hydrogen (secondary N) is 2. The topological polar surface area (TPSA) is 95.3 Å². The van der Waals surface area contributed by atoms with Crippen LogP contribution in [0.15, 0.2) is 53.5 Å². The maximum atomic E-state index is 8.13. The van der Waals surface area contributed by atoms with Crippen molar-refractivity contribution in [1.82, 2.24) is 0 Å². The minimum atomic E-state index is 0.0914. The highest BCUT2D eigenvalue weighted by Crippen LogP contribution is 2.15. The fourth-order valence-electron chi connectivity index (χ4n) is 2.07. The summed E-state index contributed by atoms with van der Waals surface area (Å²) in [6, 6.07) is 15.1. The van der Waals surface area contributed by atoms with Gasteiger partial charge in [-0.05, 0) is 43.7 Å². The molecule has 2 aromatic carbocycles. The smallest absolute Gasteiger partial charge is 0.182 e. The van der Waals surface area contributed by atoms with Gasteiger partial charge in [-0.1, -0.05) is 41.6 Å². The molecule has 5 nitrogen and oxygen atoms in total. The van der Waals surface area contributed by atoms with Gasteiger partial charge >= 0.3 is 0 Å². The Bertz CT molecular complexity index is 767. The van der Waals surface area contributed by atoms with E-state index in [0.29, 0.717) is 23.9 Å². The van der Waals surface area contributed by atoms with Gasteiger partial charge in [0.2, 0.25) is 0 Å². The van der Waals surface area contributed by atoms with Crippen LogP contribution in [0.5, 0.6) is 5.75 Å². The molecule has 2 rings (SSSR count). The van der Waals surface area contributed by atoms with Crippen molar-refractivity contribution in [2.45, 2.75) is 13.8 Å². The Kier molecular flexibility index (Phi) is 6.77. The number of hydrogen-bond donors (Lipinski definition) is 3. The zero-order valence-corrected chi connectivity index (χ0v) is 15.2. The molecule has 0 aliphatic rings. The molecule has 0 saturated heterocycles. The van der Waals surface area contributed by atoms with Crippen LogP contribution >= 0.6 is 11.8 Å². The van der Waals surface area contributed by atoms with E-state index in [1.807, 2.05) is 62.4 Å². The Labute approximate surface area is 152 Å². The average molecular weight is 354 g/mol. The maximum absolute atomic E-state index is 8.13. The van der Waals surface area contributed by atoms with Crippen molar-refractivity contribution >= 4 is 28.5 Å². The van der Waals surface area contributed by atoms with E-state index in [0.717, 1.165) is 22.4 Å². The zero-order valence-electron chi connectivity index (χ0n) is 14.4. The highest BCUT2D eigenvalue weighted by atomic mass is 32.2. The Balaban J connectivity index is 1.91. The molecule has 130 valence electrons. The summed E-state index contributed by atoms with van der Waals surface area (Å²) in [5, 5.41) is 16.2. The van der Waals surface area contributed by atoms with Crippen molar-refractivity contribution in [3.63, 3.8) is 0 Å². The number of nitrogens with two attached hydrogens (primary N) is 1. The van der Waals surface area contributed by atoms with Crippen molar-refractivity contribution < 1.29 is 4.74 Å². The molecule has 25 heavy (non-hydrogen) atoms. The fourth-order valence-corrected chi connectivity index (χ4v) is 2.68. The first-order chi connectivity index (χ1) is 12.0. The van der Waals surface area contributed by atoms with E-state index in [4.69, 9.17) is 21.3 Å². The number of nitrogens with zero attached hydrogens (tertiary/aromatic N) is 1. The molecule has 2 aromatic rings. The number of thioether (sulfide) groups is 1. The number of amidine groups is 2. The highest BCUT2D eigenvalue weighted by molar-refractivity contribution is 8.14. The lowest BCUT2D eigenvalue weighted by Gasteiger charge is -2.06. The summed E-state index contributed by atoms with van der Waals surface area (Å²) in [6.45, 7) is 4.55. The summed E-state index contributed by atoms with van der Waals surface area (Å²) in [6.07, 6.45) is 0. The number of aliphatic imine (C=N–C) groups is 1. The molecule has 0 aromatic heterocycles. The monoisotopic (exact) mass is 354 g/mol. The Morgan fingerprint density at radius 3 is 2.24 bits per heavy atom. The quantitative estimate of drug-likeness (QED) is 0.543. The third-order valence-electron chi connectivity index (χ3n) is 3.44. The SMILES string of the molecule is CCOc1ccc(C(=N)CSC(=N)/N=C(\N)c2ccc(C)cc2)cc1. The lowest BCUT2D eigenvalue weighted by Crippen LogP contribution is -2.15. The minimum Gasteiger partial charge on any atom is -0.494 e.